The van der Waals surface area contributed by atoms with Crippen molar-refractivity contribution in [3.63, 3.8) is 0 Å². The average Bonchev–Trinajstić information content (AvgIpc) is 3.09. The number of urea groups is 1. The minimum atomic E-state index is -0.0511. The fraction of sp³-hybridized carbons (Fsp3) is 0.400. The third-order valence-corrected chi connectivity index (χ3v) is 3.84. The summed E-state index contributed by atoms with van der Waals surface area (Å²) in [5, 5.41) is 13.9. The van der Waals surface area contributed by atoms with E-state index in [1.54, 1.807) is 4.90 Å². The Bertz CT molecular complexity index is 697. The van der Waals surface area contributed by atoms with Crippen LogP contribution in [0.4, 0.5) is 16.2 Å². The van der Waals surface area contributed by atoms with Gasteiger partial charge in [-0.2, -0.15) is 0 Å². The number of benzene rings is 1. The number of aryl methyl sites for hydroxylation is 2. The van der Waals surface area contributed by atoms with Crippen molar-refractivity contribution >= 4 is 17.4 Å². The molecule has 0 bridgehead atoms. The zero-order valence-corrected chi connectivity index (χ0v) is 12.9. The summed E-state index contributed by atoms with van der Waals surface area (Å²) in [6.07, 6.45) is 0. The van der Waals surface area contributed by atoms with Gasteiger partial charge in [-0.25, -0.2) is 9.42 Å². The normalized spacial score (nSPS) is 15.8. The Balaban J connectivity index is 1.83. The summed E-state index contributed by atoms with van der Waals surface area (Å²) < 4.78 is 4.74. The zero-order chi connectivity index (χ0) is 15.7. The van der Waals surface area contributed by atoms with Gasteiger partial charge in [0.25, 0.3) is 0 Å². The molecule has 2 aromatic rings. The third-order valence-electron chi connectivity index (χ3n) is 3.84. The lowest BCUT2D eigenvalue weighted by Crippen LogP contribution is -2.28. The maximum absolute atomic E-state index is 11.9. The SMILES string of the molecule is Cc1ccc(NC(C)c2nonc2C)cc1N1CCNC1=O. The van der Waals surface area contributed by atoms with Crippen LogP contribution in [-0.2, 0) is 0 Å². The summed E-state index contributed by atoms with van der Waals surface area (Å²) in [4.78, 5) is 13.6. The Morgan fingerprint density at radius 1 is 1.36 bits per heavy atom. The van der Waals surface area contributed by atoms with Gasteiger partial charge in [0.1, 0.15) is 11.4 Å². The van der Waals surface area contributed by atoms with Crippen LogP contribution in [0.1, 0.15) is 29.9 Å². The summed E-state index contributed by atoms with van der Waals surface area (Å²) in [6, 6.07) is 5.90. The van der Waals surface area contributed by atoms with Gasteiger partial charge in [-0.1, -0.05) is 16.4 Å². The van der Waals surface area contributed by atoms with E-state index in [2.05, 4.69) is 20.9 Å². The van der Waals surface area contributed by atoms with Crippen molar-refractivity contribution in [3.8, 4) is 0 Å². The molecule has 0 spiro atoms. The van der Waals surface area contributed by atoms with E-state index in [1.807, 2.05) is 39.0 Å². The van der Waals surface area contributed by atoms with Crippen LogP contribution in [-0.4, -0.2) is 29.4 Å². The van der Waals surface area contributed by atoms with Crippen LogP contribution in [0, 0.1) is 13.8 Å². The molecule has 3 rings (SSSR count). The number of anilines is 2. The monoisotopic (exact) mass is 301 g/mol. The van der Waals surface area contributed by atoms with Crippen molar-refractivity contribution in [3.05, 3.63) is 35.2 Å². The largest absolute Gasteiger partial charge is 0.377 e. The molecule has 1 saturated heterocycles. The number of hydrogen-bond acceptors (Lipinski definition) is 5. The second-order valence-electron chi connectivity index (χ2n) is 5.49. The first kappa shape index (κ1) is 14.4. The van der Waals surface area contributed by atoms with Crippen molar-refractivity contribution in [1.82, 2.24) is 15.6 Å². The Kier molecular flexibility index (Phi) is 3.70. The first-order valence-corrected chi connectivity index (χ1v) is 7.28. The molecule has 2 amide bonds. The topological polar surface area (TPSA) is 83.3 Å². The predicted molar refractivity (Wildman–Crippen MR) is 83.0 cm³/mol. The standard InChI is InChI=1S/C15H19N5O2/c1-9-4-5-12(8-13(9)20-7-6-16-15(20)21)17-10(2)14-11(3)18-22-19-14/h4-5,8,10,17H,6-7H2,1-3H3,(H,16,21). The molecule has 116 valence electrons. The molecule has 0 saturated carbocycles. The van der Waals surface area contributed by atoms with E-state index < -0.39 is 0 Å². The van der Waals surface area contributed by atoms with Gasteiger partial charge in [0.2, 0.25) is 0 Å². The predicted octanol–water partition coefficient (Wildman–Crippen LogP) is 2.39. The number of amides is 2. The highest BCUT2D eigenvalue weighted by Gasteiger charge is 2.23. The number of aromatic nitrogens is 2. The molecule has 1 aliphatic heterocycles. The summed E-state index contributed by atoms with van der Waals surface area (Å²) in [7, 11) is 0. The van der Waals surface area contributed by atoms with E-state index in [4.69, 9.17) is 4.63 Å². The lowest BCUT2D eigenvalue weighted by molar-refractivity contribution is 0.252. The minimum absolute atomic E-state index is 0.0331. The van der Waals surface area contributed by atoms with Crippen molar-refractivity contribution in [2.45, 2.75) is 26.8 Å². The Labute approximate surface area is 128 Å². The van der Waals surface area contributed by atoms with Crippen molar-refractivity contribution in [1.29, 1.82) is 0 Å². The molecule has 0 radical (unpaired) electrons. The molecule has 1 aromatic carbocycles. The Morgan fingerprint density at radius 3 is 2.82 bits per heavy atom. The number of nitrogens with zero attached hydrogens (tertiary/aromatic N) is 3. The van der Waals surface area contributed by atoms with Gasteiger partial charge in [-0.3, -0.25) is 4.90 Å². The summed E-state index contributed by atoms with van der Waals surface area (Å²) in [6.45, 7) is 7.22. The Hall–Kier alpha value is -2.57. The van der Waals surface area contributed by atoms with Gasteiger partial charge >= 0.3 is 6.03 Å². The Morgan fingerprint density at radius 2 is 2.18 bits per heavy atom. The molecule has 1 fully saturated rings. The summed E-state index contributed by atoms with van der Waals surface area (Å²) in [5.74, 6) is 0. The summed E-state index contributed by atoms with van der Waals surface area (Å²) >= 11 is 0. The van der Waals surface area contributed by atoms with E-state index in [-0.39, 0.29) is 12.1 Å². The molecule has 2 heterocycles. The highest BCUT2D eigenvalue weighted by Crippen LogP contribution is 2.28. The second kappa shape index (κ2) is 5.67. The molecule has 1 atom stereocenters. The molecule has 2 N–H and O–H groups in total. The minimum Gasteiger partial charge on any atom is -0.377 e. The number of hydrogen-bond donors (Lipinski definition) is 2. The zero-order valence-electron chi connectivity index (χ0n) is 12.9. The number of carbonyl (C=O) groups is 1. The fourth-order valence-electron chi connectivity index (χ4n) is 2.64. The molecule has 7 nitrogen and oxygen atoms in total. The molecular weight excluding hydrogens is 282 g/mol. The van der Waals surface area contributed by atoms with Crippen LogP contribution in [0.5, 0.6) is 0 Å². The number of rotatable bonds is 4. The first-order chi connectivity index (χ1) is 10.6. The van der Waals surface area contributed by atoms with Crippen molar-refractivity contribution in [2.24, 2.45) is 0 Å². The molecule has 1 aromatic heterocycles. The maximum atomic E-state index is 11.9. The van der Waals surface area contributed by atoms with E-state index in [0.29, 0.717) is 13.1 Å². The van der Waals surface area contributed by atoms with E-state index in [1.165, 1.54) is 0 Å². The van der Waals surface area contributed by atoms with Crippen molar-refractivity contribution in [2.75, 3.05) is 23.3 Å². The van der Waals surface area contributed by atoms with Gasteiger partial charge in [-0.05, 0) is 38.5 Å². The number of carbonyl (C=O) groups excluding carboxylic acids is 1. The third kappa shape index (κ3) is 2.61. The van der Waals surface area contributed by atoms with Gasteiger partial charge in [-0.15, -0.1) is 0 Å². The lowest BCUT2D eigenvalue weighted by atomic mass is 10.1. The fourth-order valence-corrected chi connectivity index (χ4v) is 2.64. The quantitative estimate of drug-likeness (QED) is 0.906. The van der Waals surface area contributed by atoms with Gasteiger partial charge < -0.3 is 10.6 Å². The van der Waals surface area contributed by atoms with Crippen LogP contribution in [0.2, 0.25) is 0 Å². The molecular formula is C15H19N5O2. The van der Waals surface area contributed by atoms with Crippen LogP contribution in [0.3, 0.4) is 0 Å². The van der Waals surface area contributed by atoms with E-state index in [0.717, 1.165) is 28.3 Å². The van der Waals surface area contributed by atoms with Crippen molar-refractivity contribution < 1.29 is 9.42 Å². The highest BCUT2D eigenvalue weighted by atomic mass is 16.6. The molecule has 0 aliphatic carbocycles. The smallest absolute Gasteiger partial charge is 0.322 e. The molecule has 7 heteroatoms. The van der Waals surface area contributed by atoms with Gasteiger partial charge in [0.05, 0.1) is 11.7 Å². The highest BCUT2D eigenvalue weighted by molar-refractivity contribution is 5.95. The van der Waals surface area contributed by atoms with Gasteiger partial charge in [0, 0.05) is 18.8 Å². The van der Waals surface area contributed by atoms with E-state index in [9.17, 15) is 4.79 Å². The second-order valence-corrected chi connectivity index (χ2v) is 5.49. The molecule has 22 heavy (non-hydrogen) atoms. The molecule has 1 unspecified atom stereocenters. The van der Waals surface area contributed by atoms with E-state index >= 15 is 0 Å². The summed E-state index contributed by atoms with van der Waals surface area (Å²) in [5.41, 5.74) is 4.46. The first-order valence-electron chi connectivity index (χ1n) is 7.28. The maximum Gasteiger partial charge on any atom is 0.322 e. The average molecular weight is 301 g/mol. The van der Waals surface area contributed by atoms with Crippen LogP contribution in [0.25, 0.3) is 0 Å². The van der Waals surface area contributed by atoms with Crippen LogP contribution >= 0.6 is 0 Å². The lowest BCUT2D eigenvalue weighted by Gasteiger charge is -2.20. The number of nitrogens with one attached hydrogen (secondary N) is 2. The van der Waals surface area contributed by atoms with Gasteiger partial charge in [0.15, 0.2) is 0 Å². The van der Waals surface area contributed by atoms with Crippen LogP contribution < -0.4 is 15.5 Å². The molecule has 1 aliphatic rings. The van der Waals surface area contributed by atoms with Crippen LogP contribution in [0.15, 0.2) is 22.8 Å².